The Morgan fingerprint density at radius 3 is 2.33 bits per heavy atom. The van der Waals surface area contributed by atoms with E-state index in [2.05, 4.69) is 28.9 Å². The molecule has 0 radical (unpaired) electrons. The second-order valence-corrected chi connectivity index (χ2v) is 9.06. The zero-order valence-electron chi connectivity index (χ0n) is 16.4. The number of benzene rings is 1. The van der Waals surface area contributed by atoms with Crippen LogP contribution in [0.2, 0.25) is 0 Å². The van der Waals surface area contributed by atoms with Crippen molar-refractivity contribution in [3.05, 3.63) is 29.8 Å². The molecule has 1 atom stereocenters. The van der Waals surface area contributed by atoms with Gasteiger partial charge in [-0.25, -0.2) is 4.79 Å². The molecule has 4 aliphatic carbocycles. The fourth-order valence-electron chi connectivity index (χ4n) is 5.95. The lowest BCUT2D eigenvalue weighted by molar-refractivity contribution is -0.120. The van der Waals surface area contributed by atoms with Gasteiger partial charge in [0.15, 0.2) is 0 Å². The Hall–Kier alpha value is -2.04. The average Bonchev–Trinajstić information content (AvgIpc) is 2.60. The van der Waals surface area contributed by atoms with Crippen LogP contribution >= 0.6 is 0 Å². The van der Waals surface area contributed by atoms with E-state index in [0.29, 0.717) is 0 Å². The van der Waals surface area contributed by atoms with E-state index < -0.39 is 6.04 Å². The van der Waals surface area contributed by atoms with Gasteiger partial charge in [0, 0.05) is 11.2 Å². The molecule has 146 valence electrons. The third-order valence-electron chi connectivity index (χ3n) is 6.77. The molecule has 0 aromatic heterocycles. The summed E-state index contributed by atoms with van der Waals surface area (Å²) in [4.78, 5) is 25.0. The Morgan fingerprint density at radius 1 is 1.11 bits per heavy atom. The van der Waals surface area contributed by atoms with Crippen molar-refractivity contribution in [2.24, 2.45) is 17.8 Å². The van der Waals surface area contributed by atoms with Crippen molar-refractivity contribution in [1.29, 1.82) is 0 Å². The minimum Gasteiger partial charge on any atom is -0.374 e. The van der Waals surface area contributed by atoms with Crippen LogP contribution in [0.25, 0.3) is 0 Å². The maximum atomic E-state index is 12.5. The lowest BCUT2D eigenvalue weighted by atomic mass is 9.53. The second kappa shape index (κ2) is 7.17. The number of carbonyl (C=O) groups is 2. The van der Waals surface area contributed by atoms with E-state index >= 15 is 0 Å². The molecule has 1 aromatic rings. The summed E-state index contributed by atoms with van der Waals surface area (Å²) >= 11 is 0. The van der Waals surface area contributed by atoms with E-state index in [4.69, 9.17) is 0 Å². The maximum absolute atomic E-state index is 12.5. The van der Waals surface area contributed by atoms with Gasteiger partial charge in [0.05, 0.1) is 0 Å². The molecule has 0 heterocycles. The number of imide groups is 1. The number of hydrogen-bond acceptors (Lipinski definition) is 3. The Morgan fingerprint density at radius 2 is 1.74 bits per heavy atom. The molecule has 3 amide bonds. The highest BCUT2D eigenvalue weighted by Gasteiger charge is 2.51. The summed E-state index contributed by atoms with van der Waals surface area (Å²) in [6.45, 7) is 3.88. The molecule has 1 aromatic carbocycles. The van der Waals surface area contributed by atoms with Crippen LogP contribution in [-0.4, -0.2) is 23.5 Å². The quantitative estimate of drug-likeness (QED) is 0.738. The third kappa shape index (κ3) is 3.97. The first-order valence-corrected chi connectivity index (χ1v) is 10.4. The van der Waals surface area contributed by atoms with Crippen LogP contribution in [0.5, 0.6) is 0 Å². The summed E-state index contributed by atoms with van der Waals surface area (Å²) in [7, 11) is 0. The molecule has 3 N–H and O–H groups in total. The molecule has 5 nitrogen and oxygen atoms in total. The molecule has 4 bridgehead atoms. The Bertz CT molecular complexity index is 695. The number of rotatable bonds is 5. The number of nitrogens with one attached hydrogen (secondary N) is 3. The van der Waals surface area contributed by atoms with Crippen molar-refractivity contribution < 1.29 is 9.59 Å². The minimum atomic E-state index is -0.473. The van der Waals surface area contributed by atoms with Crippen molar-refractivity contribution >= 4 is 17.6 Å². The highest BCUT2D eigenvalue weighted by molar-refractivity contribution is 5.98. The van der Waals surface area contributed by atoms with E-state index in [9.17, 15) is 9.59 Å². The number of carbonyl (C=O) groups excluding carboxylic acids is 2. The highest BCUT2D eigenvalue weighted by Crippen LogP contribution is 2.55. The topological polar surface area (TPSA) is 70.2 Å². The predicted molar refractivity (Wildman–Crippen MR) is 106 cm³/mol. The summed E-state index contributed by atoms with van der Waals surface area (Å²) in [5, 5.41) is 8.93. The fourth-order valence-corrected chi connectivity index (χ4v) is 5.95. The van der Waals surface area contributed by atoms with E-state index in [1.165, 1.54) is 24.8 Å². The molecule has 0 spiro atoms. The summed E-state index contributed by atoms with van der Waals surface area (Å²) in [5.74, 6) is 2.00. The summed E-state index contributed by atoms with van der Waals surface area (Å²) in [5.41, 5.74) is 2.04. The molecule has 4 aliphatic rings. The van der Waals surface area contributed by atoms with Crippen LogP contribution in [-0.2, 0) is 11.2 Å². The number of hydrogen-bond donors (Lipinski definition) is 3. The minimum absolute atomic E-state index is 0.0781. The van der Waals surface area contributed by atoms with E-state index in [0.717, 1.165) is 49.1 Å². The van der Waals surface area contributed by atoms with Crippen LogP contribution in [0, 0.1) is 17.8 Å². The predicted octanol–water partition coefficient (Wildman–Crippen LogP) is 3.84. The van der Waals surface area contributed by atoms with Gasteiger partial charge in [-0.1, -0.05) is 19.1 Å². The van der Waals surface area contributed by atoms with Gasteiger partial charge in [-0.3, -0.25) is 10.1 Å². The number of anilines is 1. The van der Waals surface area contributed by atoms with Crippen LogP contribution in [0.4, 0.5) is 10.5 Å². The summed E-state index contributed by atoms with van der Waals surface area (Å²) < 4.78 is 0. The fraction of sp³-hybridized carbons (Fsp3) is 0.636. The first kappa shape index (κ1) is 18.3. The lowest BCUT2D eigenvalue weighted by Crippen LogP contribution is -2.62. The smallest absolute Gasteiger partial charge is 0.321 e. The average molecular weight is 370 g/mol. The van der Waals surface area contributed by atoms with Crippen LogP contribution in [0.1, 0.15) is 57.9 Å². The monoisotopic (exact) mass is 369 g/mol. The van der Waals surface area contributed by atoms with Crippen molar-refractivity contribution in [1.82, 2.24) is 10.6 Å². The van der Waals surface area contributed by atoms with Gasteiger partial charge in [-0.15, -0.1) is 0 Å². The van der Waals surface area contributed by atoms with Gasteiger partial charge in [-0.05, 0) is 87.3 Å². The van der Waals surface area contributed by atoms with Gasteiger partial charge in [0.25, 0.3) is 0 Å². The molecule has 5 heteroatoms. The summed E-state index contributed by atoms with van der Waals surface area (Å²) in [6.07, 6.45) is 8.19. The number of urea groups is 1. The van der Waals surface area contributed by atoms with Crippen LogP contribution < -0.4 is 16.0 Å². The third-order valence-corrected chi connectivity index (χ3v) is 6.77. The SMILES string of the molecule is CCc1cccc(N[C@H](C)C(=O)NC(=O)NC23CC4CC(CC(C4)C2)C3)c1. The molecular formula is C22H31N3O2. The van der Waals surface area contributed by atoms with Crippen LogP contribution in [0.15, 0.2) is 24.3 Å². The Balaban J connectivity index is 1.32. The maximum Gasteiger partial charge on any atom is 0.321 e. The standard InChI is InChI=1S/C22H31N3O2/c1-3-15-5-4-6-19(10-15)23-14(2)20(26)24-21(27)25-22-11-16-7-17(12-22)9-18(8-16)13-22/h4-6,10,14,16-18,23H,3,7-9,11-13H2,1-2H3,(H2,24,25,26,27)/t14-,16?,17?,18?,22?/m1/s1. The molecule has 4 fully saturated rings. The van der Waals surface area contributed by atoms with Crippen molar-refractivity contribution in [2.75, 3.05) is 5.32 Å². The second-order valence-electron chi connectivity index (χ2n) is 9.06. The van der Waals surface area contributed by atoms with E-state index in [1.54, 1.807) is 6.92 Å². The first-order valence-electron chi connectivity index (χ1n) is 10.4. The lowest BCUT2D eigenvalue weighted by Gasteiger charge is -2.56. The zero-order chi connectivity index (χ0) is 19.0. The number of aryl methyl sites for hydroxylation is 1. The Labute approximate surface area is 161 Å². The molecule has 0 saturated heterocycles. The molecule has 27 heavy (non-hydrogen) atoms. The molecular weight excluding hydrogens is 338 g/mol. The Kier molecular flexibility index (Phi) is 4.87. The van der Waals surface area contributed by atoms with Gasteiger partial charge in [-0.2, -0.15) is 0 Å². The van der Waals surface area contributed by atoms with Crippen molar-refractivity contribution in [3.63, 3.8) is 0 Å². The van der Waals surface area contributed by atoms with Gasteiger partial charge in [0.2, 0.25) is 5.91 Å². The van der Waals surface area contributed by atoms with E-state index in [1.807, 2.05) is 18.2 Å². The normalized spacial score (nSPS) is 32.0. The largest absolute Gasteiger partial charge is 0.374 e. The number of amides is 3. The van der Waals surface area contributed by atoms with Crippen LogP contribution in [0.3, 0.4) is 0 Å². The summed E-state index contributed by atoms with van der Waals surface area (Å²) in [6, 6.07) is 7.22. The van der Waals surface area contributed by atoms with Crippen molar-refractivity contribution in [2.45, 2.75) is 70.4 Å². The molecule has 4 saturated carbocycles. The zero-order valence-corrected chi connectivity index (χ0v) is 16.4. The molecule has 0 unspecified atom stereocenters. The van der Waals surface area contributed by atoms with Gasteiger partial charge < -0.3 is 10.6 Å². The van der Waals surface area contributed by atoms with E-state index in [-0.39, 0.29) is 17.5 Å². The first-order chi connectivity index (χ1) is 12.9. The highest BCUT2D eigenvalue weighted by atomic mass is 16.2. The molecule has 0 aliphatic heterocycles. The van der Waals surface area contributed by atoms with Gasteiger partial charge in [0.1, 0.15) is 6.04 Å². The van der Waals surface area contributed by atoms with Gasteiger partial charge >= 0.3 is 6.03 Å². The molecule has 5 rings (SSSR count). The van der Waals surface area contributed by atoms with Crippen molar-refractivity contribution in [3.8, 4) is 0 Å².